The van der Waals surface area contributed by atoms with Crippen molar-refractivity contribution in [2.75, 3.05) is 6.61 Å². The van der Waals surface area contributed by atoms with Crippen molar-refractivity contribution in [2.24, 2.45) is 0 Å². The van der Waals surface area contributed by atoms with Crippen LogP contribution in [0.4, 0.5) is 0 Å². The van der Waals surface area contributed by atoms with Gasteiger partial charge < -0.3 is 47.7 Å². The molecule has 3 aromatic rings. The zero-order valence-corrected chi connectivity index (χ0v) is 29.6. The smallest absolute Gasteiger partial charge is 0.303 e. The Kier molecular flexibility index (Phi) is 14.3. The molecule has 2 saturated heterocycles. The van der Waals surface area contributed by atoms with E-state index in [-0.39, 0.29) is 26.4 Å². The Morgan fingerprint density at radius 1 is 0.538 bits per heavy atom. The summed E-state index contributed by atoms with van der Waals surface area (Å²) in [6, 6.07) is 28.6. The molecular formula is C39H46O13. The van der Waals surface area contributed by atoms with Gasteiger partial charge in [0.2, 0.25) is 0 Å². The van der Waals surface area contributed by atoms with Crippen LogP contribution in [-0.4, -0.2) is 91.0 Å². The Morgan fingerprint density at radius 2 is 0.962 bits per heavy atom. The fraction of sp³-hybridized carbons (Fsp3) is 0.462. The summed E-state index contributed by atoms with van der Waals surface area (Å²) < 4.78 is 54.3. The van der Waals surface area contributed by atoms with E-state index in [1.807, 2.05) is 91.0 Å². The third-order valence-electron chi connectivity index (χ3n) is 8.52. The lowest BCUT2D eigenvalue weighted by molar-refractivity contribution is -0.337. The average Bonchev–Trinajstić information content (AvgIpc) is 3.12. The molecule has 10 unspecified atom stereocenters. The van der Waals surface area contributed by atoms with Crippen molar-refractivity contribution >= 4 is 17.9 Å². The number of aliphatic hydroxyl groups excluding tert-OH is 1. The molecule has 3 aromatic carbocycles. The number of aliphatic hydroxyl groups is 1. The van der Waals surface area contributed by atoms with E-state index in [2.05, 4.69) is 0 Å². The second kappa shape index (κ2) is 19.0. The number of carbonyl (C=O) groups excluding carboxylic acids is 3. The van der Waals surface area contributed by atoms with Crippen molar-refractivity contribution in [1.29, 1.82) is 0 Å². The van der Waals surface area contributed by atoms with Crippen molar-refractivity contribution in [1.82, 2.24) is 0 Å². The van der Waals surface area contributed by atoms with Gasteiger partial charge in [0.25, 0.3) is 0 Å². The number of hydrogen-bond donors (Lipinski definition) is 1. The highest BCUT2D eigenvalue weighted by molar-refractivity contribution is 5.68. The lowest BCUT2D eigenvalue weighted by atomic mass is 9.97. The summed E-state index contributed by atoms with van der Waals surface area (Å²) in [7, 11) is 0. The minimum absolute atomic E-state index is 0.169. The van der Waals surface area contributed by atoms with Gasteiger partial charge in [-0.1, -0.05) is 91.0 Å². The van der Waals surface area contributed by atoms with E-state index in [1.165, 1.54) is 20.8 Å². The number of esters is 3. The summed E-state index contributed by atoms with van der Waals surface area (Å²) in [5.41, 5.74) is 2.67. The number of carbonyl (C=O) groups is 3. The molecule has 0 spiro atoms. The largest absolute Gasteiger partial charge is 0.456 e. The Hall–Kier alpha value is -4.21. The van der Waals surface area contributed by atoms with Crippen LogP contribution in [0.5, 0.6) is 0 Å². The van der Waals surface area contributed by atoms with Crippen molar-refractivity contribution in [3.05, 3.63) is 108 Å². The molecule has 2 aliphatic heterocycles. The topological polar surface area (TPSA) is 155 Å². The van der Waals surface area contributed by atoms with Crippen LogP contribution in [0.3, 0.4) is 0 Å². The summed E-state index contributed by atoms with van der Waals surface area (Å²) in [6.07, 6.45) is -10.9. The van der Waals surface area contributed by atoms with E-state index in [0.29, 0.717) is 0 Å². The molecule has 0 radical (unpaired) electrons. The van der Waals surface area contributed by atoms with Gasteiger partial charge in [0.15, 0.2) is 30.9 Å². The van der Waals surface area contributed by atoms with Gasteiger partial charge in [0, 0.05) is 20.8 Å². The van der Waals surface area contributed by atoms with Crippen LogP contribution in [0.2, 0.25) is 0 Å². The van der Waals surface area contributed by atoms with Crippen LogP contribution in [0.15, 0.2) is 91.0 Å². The van der Waals surface area contributed by atoms with Gasteiger partial charge in [0.1, 0.15) is 24.4 Å². The zero-order valence-electron chi connectivity index (χ0n) is 29.6. The van der Waals surface area contributed by atoms with Gasteiger partial charge in [-0.2, -0.15) is 0 Å². The minimum atomic E-state index is -1.47. The molecule has 0 saturated carbocycles. The maximum absolute atomic E-state index is 12.3. The first-order valence-corrected chi connectivity index (χ1v) is 17.2. The molecule has 2 fully saturated rings. The molecular weight excluding hydrogens is 676 g/mol. The second-order valence-corrected chi connectivity index (χ2v) is 12.6. The standard InChI is InChI=1S/C39H46O13/c1-24-32(49-25(2)40)35(50-26(3)41)37(51-27(4)42)39(48-24)47-23-31-33(44-20-28-14-8-5-9-15-28)34(45-21-29-16-10-6-11-17-29)36(38(43)52-31)46-22-30-18-12-7-13-19-30/h5-19,24,31-39,43H,20-23H2,1-4H3. The first-order chi connectivity index (χ1) is 25.1. The molecule has 1 N–H and O–H groups in total. The highest BCUT2D eigenvalue weighted by Crippen LogP contribution is 2.33. The minimum Gasteiger partial charge on any atom is -0.456 e. The van der Waals surface area contributed by atoms with Crippen LogP contribution in [0.1, 0.15) is 44.4 Å². The SMILES string of the molecule is CC(=O)OC1C(C)OC(OCC2OC(O)C(OCc3ccccc3)C(OCc3ccccc3)C2OCc2ccccc2)C(OC(C)=O)C1OC(C)=O. The summed E-state index contributed by atoms with van der Waals surface area (Å²) in [5.74, 6) is -2.05. The average molecular weight is 723 g/mol. The molecule has 280 valence electrons. The number of ether oxygens (including phenoxy) is 9. The van der Waals surface area contributed by atoms with E-state index in [0.717, 1.165) is 16.7 Å². The normalized spacial score (nSPS) is 28.8. The van der Waals surface area contributed by atoms with Crippen molar-refractivity contribution in [2.45, 2.75) is 109 Å². The fourth-order valence-electron chi connectivity index (χ4n) is 6.19. The maximum atomic E-state index is 12.3. The lowest BCUT2D eigenvalue weighted by Crippen LogP contribution is -2.63. The highest BCUT2D eigenvalue weighted by atomic mass is 16.7. The molecule has 10 atom stereocenters. The van der Waals surface area contributed by atoms with Gasteiger partial charge in [-0.25, -0.2) is 0 Å². The lowest BCUT2D eigenvalue weighted by Gasteiger charge is -2.46. The molecule has 0 aliphatic carbocycles. The van der Waals surface area contributed by atoms with Gasteiger partial charge in [-0.3, -0.25) is 14.4 Å². The van der Waals surface area contributed by atoms with E-state index in [9.17, 15) is 19.5 Å². The van der Waals surface area contributed by atoms with Crippen molar-refractivity contribution < 1.29 is 62.1 Å². The molecule has 13 heteroatoms. The second-order valence-electron chi connectivity index (χ2n) is 12.6. The molecule has 52 heavy (non-hydrogen) atoms. The van der Waals surface area contributed by atoms with Crippen LogP contribution in [0.25, 0.3) is 0 Å². The summed E-state index contributed by atoms with van der Waals surface area (Å²) >= 11 is 0. The predicted molar refractivity (Wildman–Crippen MR) is 183 cm³/mol. The molecule has 5 rings (SSSR count). The summed E-state index contributed by atoms with van der Waals surface area (Å²) in [5, 5.41) is 11.5. The van der Waals surface area contributed by atoms with E-state index in [1.54, 1.807) is 6.92 Å². The fourth-order valence-corrected chi connectivity index (χ4v) is 6.19. The molecule has 13 nitrogen and oxygen atoms in total. The van der Waals surface area contributed by atoms with Gasteiger partial charge in [-0.15, -0.1) is 0 Å². The first-order valence-electron chi connectivity index (χ1n) is 17.2. The predicted octanol–water partition coefficient (Wildman–Crippen LogP) is 4.02. The Bertz CT molecular complexity index is 1560. The maximum Gasteiger partial charge on any atom is 0.303 e. The number of hydrogen-bond acceptors (Lipinski definition) is 13. The number of rotatable bonds is 15. The van der Waals surface area contributed by atoms with Crippen LogP contribution >= 0.6 is 0 Å². The molecule has 0 aromatic heterocycles. The monoisotopic (exact) mass is 722 g/mol. The summed E-state index contributed by atoms with van der Waals surface area (Å²) in [6.45, 7) is 5.44. The third-order valence-corrected chi connectivity index (χ3v) is 8.52. The molecule has 0 bridgehead atoms. The summed E-state index contributed by atoms with van der Waals surface area (Å²) in [4.78, 5) is 36.4. The van der Waals surface area contributed by atoms with E-state index < -0.39 is 79.3 Å². The third kappa shape index (κ3) is 10.9. The van der Waals surface area contributed by atoms with E-state index >= 15 is 0 Å². The Labute approximate surface area is 302 Å². The number of benzene rings is 3. The van der Waals surface area contributed by atoms with Crippen LogP contribution in [-0.2, 0) is 76.8 Å². The van der Waals surface area contributed by atoms with Crippen molar-refractivity contribution in [3.63, 3.8) is 0 Å². The molecule has 0 amide bonds. The quantitative estimate of drug-likeness (QED) is 0.178. The van der Waals surface area contributed by atoms with Gasteiger partial charge in [-0.05, 0) is 23.6 Å². The Morgan fingerprint density at radius 3 is 1.44 bits per heavy atom. The Balaban J connectivity index is 1.42. The van der Waals surface area contributed by atoms with Crippen LogP contribution < -0.4 is 0 Å². The first kappa shape index (κ1) is 39.0. The highest BCUT2D eigenvalue weighted by Gasteiger charge is 2.53. The zero-order chi connectivity index (χ0) is 37.0. The molecule has 2 aliphatic rings. The van der Waals surface area contributed by atoms with Crippen LogP contribution in [0, 0.1) is 0 Å². The van der Waals surface area contributed by atoms with Gasteiger partial charge >= 0.3 is 17.9 Å². The molecule has 2 heterocycles. The van der Waals surface area contributed by atoms with Gasteiger partial charge in [0.05, 0.1) is 32.5 Å². The van der Waals surface area contributed by atoms with Crippen molar-refractivity contribution in [3.8, 4) is 0 Å². The van der Waals surface area contributed by atoms with E-state index in [4.69, 9.17) is 42.6 Å².